The van der Waals surface area contributed by atoms with Gasteiger partial charge in [0.2, 0.25) is 0 Å². The van der Waals surface area contributed by atoms with Gasteiger partial charge in [-0.15, -0.1) is 0 Å². The number of hydrogen-bond acceptors (Lipinski definition) is 6. The van der Waals surface area contributed by atoms with Crippen LogP contribution in [0.25, 0.3) is 0 Å². The van der Waals surface area contributed by atoms with Gasteiger partial charge < -0.3 is 13.9 Å². The molecule has 1 aromatic carbocycles. The standard InChI is InChI=1S/C25H36N2O4SSi/c1-18-14-20(23(28)29-16-19-10-8-7-9-11-19)15-21(31-33(5,6)25(2,3)4)22(18)30-24(32)27-13-12-26-17-27/h7-13,17-18,20-22H,14-16H2,1-6H3/t18-,20+,21+,22+/m1/s1. The van der Waals surface area contributed by atoms with E-state index in [4.69, 9.17) is 26.1 Å². The number of imidazole rings is 1. The first kappa shape index (κ1) is 25.6. The molecule has 8 heteroatoms. The first-order valence-corrected chi connectivity index (χ1v) is 14.9. The minimum atomic E-state index is -2.11. The number of benzene rings is 1. The maximum Gasteiger partial charge on any atom is 0.309 e. The summed E-state index contributed by atoms with van der Waals surface area (Å²) in [4.78, 5) is 17.1. The van der Waals surface area contributed by atoms with Gasteiger partial charge in [-0.2, -0.15) is 0 Å². The van der Waals surface area contributed by atoms with Gasteiger partial charge in [0.05, 0.1) is 12.0 Å². The first-order valence-electron chi connectivity index (χ1n) is 11.6. The molecule has 0 N–H and O–H groups in total. The Morgan fingerprint density at radius 1 is 1.21 bits per heavy atom. The minimum Gasteiger partial charge on any atom is -0.464 e. The molecule has 0 spiro atoms. The fourth-order valence-corrected chi connectivity index (χ4v) is 5.47. The molecule has 0 saturated heterocycles. The fourth-order valence-electron chi connectivity index (χ4n) is 3.91. The lowest BCUT2D eigenvalue weighted by atomic mass is 9.78. The summed E-state index contributed by atoms with van der Waals surface area (Å²) in [7, 11) is -2.11. The van der Waals surface area contributed by atoms with Crippen molar-refractivity contribution in [2.75, 3.05) is 0 Å². The van der Waals surface area contributed by atoms with Gasteiger partial charge in [-0.1, -0.05) is 58.0 Å². The third-order valence-corrected chi connectivity index (χ3v) is 11.7. The third kappa shape index (κ3) is 6.52. The predicted molar refractivity (Wildman–Crippen MR) is 135 cm³/mol. The average Bonchev–Trinajstić information content (AvgIpc) is 3.29. The highest BCUT2D eigenvalue weighted by Gasteiger charge is 2.47. The maximum atomic E-state index is 13.0. The lowest BCUT2D eigenvalue weighted by molar-refractivity contribution is -0.155. The number of hydrogen-bond donors (Lipinski definition) is 0. The van der Waals surface area contributed by atoms with Crippen molar-refractivity contribution in [1.29, 1.82) is 0 Å². The van der Waals surface area contributed by atoms with Crippen LogP contribution in [0.15, 0.2) is 49.1 Å². The quantitative estimate of drug-likeness (QED) is 0.300. The van der Waals surface area contributed by atoms with Crippen LogP contribution in [0.1, 0.15) is 46.1 Å². The molecule has 1 fully saturated rings. The fraction of sp³-hybridized carbons (Fsp3) is 0.560. The summed E-state index contributed by atoms with van der Waals surface area (Å²) in [6, 6.07) is 9.76. The van der Waals surface area contributed by atoms with Crippen LogP contribution < -0.4 is 0 Å². The third-order valence-electron chi connectivity index (χ3n) is 6.86. The van der Waals surface area contributed by atoms with Gasteiger partial charge in [-0.3, -0.25) is 9.36 Å². The van der Waals surface area contributed by atoms with Gasteiger partial charge >= 0.3 is 5.97 Å². The van der Waals surface area contributed by atoms with E-state index in [1.54, 1.807) is 23.3 Å². The zero-order valence-electron chi connectivity index (χ0n) is 20.5. The molecule has 180 valence electrons. The zero-order chi connectivity index (χ0) is 24.2. The lowest BCUT2D eigenvalue weighted by Gasteiger charge is -2.45. The molecule has 0 radical (unpaired) electrons. The Morgan fingerprint density at radius 2 is 1.91 bits per heavy atom. The summed E-state index contributed by atoms with van der Waals surface area (Å²) in [5.41, 5.74) is 0.982. The Labute approximate surface area is 203 Å². The average molecular weight is 489 g/mol. The summed E-state index contributed by atoms with van der Waals surface area (Å²) in [5.74, 6) is -0.338. The number of esters is 1. The van der Waals surface area contributed by atoms with Crippen molar-refractivity contribution < 1.29 is 18.7 Å². The van der Waals surface area contributed by atoms with Crippen LogP contribution in [0, 0.1) is 11.8 Å². The molecule has 1 aliphatic rings. The Balaban J connectivity index is 1.75. The van der Waals surface area contributed by atoms with Crippen molar-refractivity contribution in [1.82, 2.24) is 9.55 Å². The Kier molecular flexibility index (Phi) is 8.13. The van der Waals surface area contributed by atoms with Crippen molar-refractivity contribution in [3.63, 3.8) is 0 Å². The van der Waals surface area contributed by atoms with Crippen molar-refractivity contribution in [3.05, 3.63) is 54.6 Å². The first-order chi connectivity index (χ1) is 15.5. The van der Waals surface area contributed by atoms with E-state index in [-0.39, 0.29) is 41.7 Å². The second-order valence-electron chi connectivity index (χ2n) is 10.5. The molecular formula is C25H36N2O4SSi. The van der Waals surface area contributed by atoms with Crippen LogP contribution in [0.3, 0.4) is 0 Å². The molecule has 0 bridgehead atoms. The molecule has 1 heterocycles. The van der Waals surface area contributed by atoms with E-state index in [2.05, 4.69) is 45.8 Å². The zero-order valence-corrected chi connectivity index (χ0v) is 22.3. The van der Waals surface area contributed by atoms with Gasteiger partial charge in [-0.05, 0) is 54.7 Å². The van der Waals surface area contributed by atoms with E-state index in [1.165, 1.54) is 0 Å². The number of carbonyl (C=O) groups is 1. The van der Waals surface area contributed by atoms with Gasteiger partial charge in [0.1, 0.15) is 19.0 Å². The monoisotopic (exact) mass is 488 g/mol. The SMILES string of the molecule is C[C@@H]1C[C@H](C(=O)OCc2ccccc2)C[C@H](O[Si](C)(C)C(C)(C)C)[C@H]1OC(=S)n1ccnc1. The topological polar surface area (TPSA) is 62.6 Å². The highest BCUT2D eigenvalue weighted by Crippen LogP contribution is 2.42. The van der Waals surface area contributed by atoms with Crippen LogP contribution in [0.5, 0.6) is 0 Å². The van der Waals surface area contributed by atoms with Gasteiger partial charge in [-0.25, -0.2) is 4.98 Å². The Bertz CT molecular complexity index is 928. The van der Waals surface area contributed by atoms with Crippen molar-refractivity contribution in [2.45, 2.75) is 77.5 Å². The largest absolute Gasteiger partial charge is 0.464 e. The molecular weight excluding hydrogens is 452 g/mol. The second-order valence-corrected chi connectivity index (χ2v) is 15.6. The van der Waals surface area contributed by atoms with E-state index in [0.717, 1.165) is 5.56 Å². The van der Waals surface area contributed by atoms with Gasteiger partial charge in [0, 0.05) is 12.4 Å². The number of aromatic nitrogens is 2. The number of ether oxygens (including phenoxy) is 2. The molecule has 0 amide bonds. The summed E-state index contributed by atoms with van der Waals surface area (Å²) >= 11 is 5.52. The van der Waals surface area contributed by atoms with Crippen LogP contribution in [0.4, 0.5) is 0 Å². The molecule has 4 atom stereocenters. The van der Waals surface area contributed by atoms with E-state index >= 15 is 0 Å². The Hall–Kier alpha value is -2.03. The maximum absolute atomic E-state index is 13.0. The van der Waals surface area contributed by atoms with Gasteiger partial charge in [0.15, 0.2) is 8.32 Å². The summed E-state index contributed by atoms with van der Waals surface area (Å²) < 4.78 is 20.4. The van der Waals surface area contributed by atoms with E-state index in [0.29, 0.717) is 18.0 Å². The number of carbonyl (C=O) groups excluding carboxylic acids is 1. The molecule has 33 heavy (non-hydrogen) atoms. The molecule has 3 rings (SSSR count). The Morgan fingerprint density at radius 3 is 2.52 bits per heavy atom. The van der Waals surface area contributed by atoms with Crippen LogP contribution in [0.2, 0.25) is 18.1 Å². The van der Waals surface area contributed by atoms with Crippen LogP contribution in [-0.4, -0.2) is 41.2 Å². The second kappa shape index (κ2) is 10.5. The minimum absolute atomic E-state index is 0.0341. The number of nitrogens with zero attached hydrogens (tertiary/aromatic N) is 2. The highest BCUT2D eigenvalue weighted by atomic mass is 32.1. The molecule has 1 aliphatic carbocycles. The van der Waals surface area contributed by atoms with E-state index in [9.17, 15) is 4.79 Å². The molecule has 0 unspecified atom stereocenters. The van der Waals surface area contributed by atoms with E-state index in [1.807, 2.05) is 30.3 Å². The number of rotatable bonds is 6. The molecule has 2 aromatic rings. The number of thiocarbonyl (C=S) groups is 1. The van der Waals surface area contributed by atoms with Gasteiger partial charge in [0.25, 0.3) is 5.17 Å². The lowest BCUT2D eigenvalue weighted by Crippen LogP contribution is -2.53. The van der Waals surface area contributed by atoms with Crippen molar-refractivity contribution in [2.24, 2.45) is 11.8 Å². The van der Waals surface area contributed by atoms with E-state index < -0.39 is 8.32 Å². The van der Waals surface area contributed by atoms with Crippen LogP contribution >= 0.6 is 12.2 Å². The molecule has 1 saturated carbocycles. The summed E-state index contributed by atoms with van der Waals surface area (Å²) in [5, 5.41) is 0.380. The van der Waals surface area contributed by atoms with Crippen molar-refractivity contribution in [3.8, 4) is 0 Å². The normalized spacial score (nSPS) is 23.7. The predicted octanol–water partition coefficient (Wildman–Crippen LogP) is 5.58. The summed E-state index contributed by atoms with van der Waals surface area (Å²) in [6.45, 7) is 13.5. The molecule has 1 aromatic heterocycles. The molecule has 6 nitrogen and oxygen atoms in total. The van der Waals surface area contributed by atoms with Crippen LogP contribution in [-0.2, 0) is 25.3 Å². The molecule has 0 aliphatic heterocycles. The highest BCUT2D eigenvalue weighted by molar-refractivity contribution is 7.80. The summed E-state index contributed by atoms with van der Waals surface area (Å²) in [6.07, 6.45) is 5.80. The van der Waals surface area contributed by atoms with Crippen molar-refractivity contribution >= 4 is 31.7 Å². The smallest absolute Gasteiger partial charge is 0.309 e.